The largest absolute Gasteiger partial charge is 0.390 e. The van der Waals surface area contributed by atoms with Gasteiger partial charge in [0.05, 0.1) is 18.3 Å². The minimum absolute atomic E-state index is 0.0209. The standard InChI is InChI=1S/C6H11BrO2/c1-4-6(8)2-5(3-7)9-4/h4-6,8H,2-3H2,1H3/t4-,5-,6+/m1/s1. The lowest BCUT2D eigenvalue weighted by atomic mass is 10.2. The summed E-state index contributed by atoms with van der Waals surface area (Å²) in [6.45, 7) is 1.90. The maximum absolute atomic E-state index is 9.15. The van der Waals surface area contributed by atoms with Crippen LogP contribution in [0.25, 0.3) is 0 Å². The summed E-state index contributed by atoms with van der Waals surface area (Å²) in [4.78, 5) is 0. The van der Waals surface area contributed by atoms with E-state index in [0.717, 1.165) is 11.8 Å². The molecule has 9 heavy (non-hydrogen) atoms. The topological polar surface area (TPSA) is 29.5 Å². The van der Waals surface area contributed by atoms with Crippen molar-refractivity contribution in [1.29, 1.82) is 0 Å². The molecule has 0 saturated carbocycles. The normalized spacial score (nSPS) is 43.7. The van der Waals surface area contributed by atoms with Crippen molar-refractivity contribution in [3.63, 3.8) is 0 Å². The van der Waals surface area contributed by atoms with Crippen molar-refractivity contribution in [2.45, 2.75) is 31.7 Å². The van der Waals surface area contributed by atoms with Gasteiger partial charge >= 0.3 is 0 Å². The molecule has 0 aliphatic carbocycles. The van der Waals surface area contributed by atoms with Crippen LogP contribution in [0.5, 0.6) is 0 Å². The van der Waals surface area contributed by atoms with Crippen molar-refractivity contribution < 1.29 is 9.84 Å². The van der Waals surface area contributed by atoms with E-state index in [1.165, 1.54) is 0 Å². The molecule has 1 aliphatic heterocycles. The molecule has 0 radical (unpaired) electrons. The predicted molar refractivity (Wildman–Crippen MR) is 38.8 cm³/mol. The van der Waals surface area contributed by atoms with E-state index in [0.29, 0.717) is 0 Å². The van der Waals surface area contributed by atoms with Crippen LogP contribution in [0.3, 0.4) is 0 Å². The van der Waals surface area contributed by atoms with Gasteiger partial charge < -0.3 is 9.84 Å². The molecule has 54 valence electrons. The van der Waals surface area contributed by atoms with Crippen LogP contribution in [-0.4, -0.2) is 28.7 Å². The highest BCUT2D eigenvalue weighted by molar-refractivity contribution is 9.09. The van der Waals surface area contributed by atoms with Crippen LogP contribution in [0.2, 0.25) is 0 Å². The number of alkyl halides is 1. The number of hydrogen-bond acceptors (Lipinski definition) is 2. The quantitative estimate of drug-likeness (QED) is 0.630. The molecule has 1 aliphatic rings. The van der Waals surface area contributed by atoms with Gasteiger partial charge in [-0.05, 0) is 6.92 Å². The third-order valence-corrected chi connectivity index (χ3v) is 2.35. The van der Waals surface area contributed by atoms with Gasteiger partial charge in [0, 0.05) is 11.8 Å². The summed E-state index contributed by atoms with van der Waals surface area (Å²) in [5, 5.41) is 9.98. The molecule has 1 N–H and O–H groups in total. The molecule has 3 atom stereocenters. The van der Waals surface area contributed by atoms with Crippen LogP contribution >= 0.6 is 15.9 Å². The molecule has 3 heteroatoms. The Morgan fingerprint density at radius 2 is 2.44 bits per heavy atom. The molecule has 0 unspecified atom stereocenters. The van der Waals surface area contributed by atoms with E-state index >= 15 is 0 Å². The SMILES string of the molecule is C[C@H]1O[C@@H](CBr)C[C@@H]1O. The maximum Gasteiger partial charge on any atom is 0.0824 e. The molecule has 1 rings (SSSR count). The summed E-state index contributed by atoms with van der Waals surface area (Å²) in [5.74, 6) is 0. The molecule has 1 heterocycles. The third-order valence-electron chi connectivity index (χ3n) is 1.63. The van der Waals surface area contributed by atoms with Crippen molar-refractivity contribution >= 4 is 15.9 Å². The summed E-state index contributed by atoms with van der Waals surface area (Å²) < 4.78 is 5.33. The fourth-order valence-corrected chi connectivity index (χ4v) is 1.43. The maximum atomic E-state index is 9.15. The average Bonchev–Trinajstić information content (AvgIpc) is 2.13. The Balaban J connectivity index is 2.35. The van der Waals surface area contributed by atoms with Crippen molar-refractivity contribution in [3.8, 4) is 0 Å². The number of halogens is 1. The minimum Gasteiger partial charge on any atom is -0.390 e. The first-order valence-electron chi connectivity index (χ1n) is 3.13. The summed E-state index contributed by atoms with van der Waals surface area (Å²) >= 11 is 3.30. The second-order valence-corrected chi connectivity index (χ2v) is 3.07. The Kier molecular flexibility index (Phi) is 2.50. The van der Waals surface area contributed by atoms with Crippen LogP contribution in [-0.2, 0) is 4.74 Å². The van der Waals surface area contributed by atoms with Gasteiger partial charge in [-0.3, -0.25) is 0 Å². The third kappa shape index (κ3) is 1.66. The van der Waals surface area contributed by atoms with E-state index < -0.39 is 0 Å². The molecule has 0 spiro atoms. The Morgan fingerprint density at radius 1 is 1.78 bits per heavy atom. The van der Waals surface area contributed by atoms with Gasteiger partial charge in [0.25, 0.3) is 0 Å². The first-order valence-corrected chi connectivity index (χ1v) is 4.25. The second-order valence-electron chi connectivity index (χ2n) is 2.42. The van der Waals surface area contributed by atoms with Crippen LogP contribution < -0.4 is 0 Å². The highest BCUT2D eigenvalue weighted by atomic mass is 79.9. The second kappa shape index (κ2) is 2.99. The Labute approximate surface area is 63.3 Å². The lowest BCUT2D eigenvalue weighted by Crippen LogP contribution is -2.15. The zero-order valence-corrected chi connectivity index (χ0v) is 6.97. The zero-order valence-electron chi connectivity index (χ0n) is 5.38. The molecule has 0 aromatic heterocycles. The first-order chi connectivity index (χ1) is 4.24. The monoisotopic (exact) mass is 194 g/mol. The lowest BCUT2D eigenvalue weighted by Gasteiger charge is -2.05. The molecule has 1 saturated heterocycles. The smallest absolute Gasteiger partial charge is 0.0824 e. The van der Waals surface area contributed by atoms with Gasteiger partial charge in [-0.2, -0.15) is 0 Å². The van der Waals surface area contributed by atoms with E-state index in [4.69, 9.17) is 9.84 Å². The van der Waals surface area contributed by atoms with Gasteiger partial charge in [-0.1, -0.05) is 15.9 Å². The van der Waals surface area contributed by atoms with Crippen molar-refractivity contribution in [2.75, 3.05) is 5.33 Å². The summed E-state index contributed by atoms with van der Waals surface area (Å²) in [7, 11) is 0. The number of aliphatic hydroxyl groups is 1. The van der Waals surface area contributed by atoms with Gasteiger partial charge in [0.15, 0.2) is 0 Å². The predicted octanol–water partition coefficient (Wildman–Crippen LogP) is 0.920. The van der Waals surface area contributed by atoms with E-state index in [-0.39, 0.29) is 18.3 Å². The van der Waals surface area contributed by atoms with Gasteiger partial charge in [0.1, 0.15) is 0 Å². The van der Waals surface area contributed by atoms with E-state index in [1.54, 1.807) is 0 Å². The van der Waals surface area contributed by atoms with E-state index in [1.807, 2.05) is 6.92 Å². The van der Waals surface area contributed by atoms with Crippen LogP contribution in [0.15, 0.2) is 0 Å². The molecular weight excluding hydrogens is 184 g/mol. The lowest BCUT2D eigenvalue weighted by molar-refractivity contribution is 0.0305. The summed E-state index contributed by atoms with van der Waals surface area (Å²) in [5.41, 5.74) is 0. The van der Waals surface area contributed by atoms with E-state index in [9.17, 15) is 0 Å². The van der Waals surface area contributed by atoms with E-state index in [2.05, 4.69) is 15.9 Å². The number of hydrogen-bond donors (Lipinski definition) is 1. The Morgan fingerprint density at radius 3 is 2.67 bits per heavy atom. The zero-order chi connectivity index (χ0) is 6.85. The summed E-state index contributed by atoms with van der Waals surface area (Å²) in [6, 6.07) is 0. The minimum atomic E-state index is -0.257. The molecule has 0 amide bonds. The van der Waals surface area contributed by atoms with Gasteiger partial charge in [-0.15, -0.1) is 0 Å². The summed E-state index contributed by atoms with van der Waals surface area (Å²) in [6.07, 6.45) is 0.752. The highest BCUT2D eigenvalue weighted by Crippen LogP contribution is 2.20. The first kappa shape index (κ1) is 7.51. The van der Waals surface area contributed by atoms with Crippen molar-refractivity contribution in [2.24, 2.45) is 0 Å². The molecular formula is C6H11BrO2. The Hall–Kier alpha value is 0.400. The highest BCUT2D eigenvalue weighted by Gasteiger charge is 2.29. The Bertz CT molecular complexity index is 87.1. The average molecular weight is 195 g/mol. The molecule has 0 aromatic rings. The van der Waals surface area contributed by atoms with Gasteiger partial charge in [-0.25, -0.2) is 0 Å². The number of aliphatic hydroxyl groups excluding tert-OH is 1. The fourth-order valence-electron chi connectivity index (χ4n) is 1.01. The molecule has 2 nitrogen and oxygen atoms in total. The van der Waals surface area contributed by atoms with Crippen LogP contribution in [0.1, 0.15) is 13.3 Å². The molecule has 0 bridgehead atoms. The molecule has 0 aromatic carbocycles. The van der Waals surface area contributed by atoms with Crippen LogP contribution in [0, 0.1) is 0 Å². The molecule has 1 fully saturated rings. The van der Waals surface area contributed by atoms with Gasteiger partial charge in [0.2, 0.25) is 0 Å². The number of ether oxygens (including phenoxy) is 1. The number of rotatable bonds is 1. The van der Waals surface area contributed by atoms with Crippen molar-refractivity contribution in [3.05, 3.63) is 0 Å². The fraction of sp³-hybridized carbons (Fsp3) is 1.00. The van der Waals surface area contributed by atoms with Crippen molar-refractivity contribution in [1.82, 2.24) is 0 Å². The van der Waals surface area contributed by atoms with Crippen LogP contribution in [0.4, 0.5) is 0 Å².